The molecule has 1 saturated carbocycles. The zero-order chi connectivity index (χ0) is 14.5. The number of halogens is 2. The van der Waals surface area contributed by atoms with Gasteiger partial charge in [0.2, 0.25) is 11.8 Å². The van der Waals surface area contributed by atoms with Crippen LogP contribution in [0.1, 0.15) is 25.7 Å². The van der Waals surface area contributed by atoms with Gasteiger partial charge in [-0.2, -0.15) is 0 Å². The average molecular weight is 315 g/mol. The van der Waals surface area contributed by atoms with Crippen LogP contribution in [0.4, 0.5) is 5.69 Å². The number of carbonyl (C=O) groups is 2. The normalized spacial score (nSPS) is 15.1. The molecule has 0 unspecified atom stereocenters. The molecular weight excluding hydrogens is 299 g/mol. The molecule has 4 nitrogen and oxygen atoms in total. The minimum absolute atomic E-state index is 0.0464. The van der Waals surface area contributed by atoms with Crippen molar-refractivity contribution >= 4 is 40.7 Å². The number of amides is 2. The van der Waals surface area contributed by atoms with Gasteiger partial charge >= 0.3 is 0 Å². The summed E-state index contributed by atoms with van der Waals surface area (Å²) in [5.74, 6) is -0.312. The highest BCUT2D eigenvalue weighted by molar-refractivity contribution is 6.35. The van der Waals surface area contributed by atoms with Crippen LogP contribution in [0.25, 0.3) is 0 Å². The largest absolute Gasteiger partial charge is 0.347 e. The molecule has 2 rings (SSSR count). The number of anilines is 1. The molecule has 1 aliphatic carbocycles. The maximum absolute atomic E-state index is 11.8. The smallest absolute Gasteiger partial charge is 0.243 e. The Morgan fingerprint density at radius 3 is 2.60 bits per heavy atom. The summed E-state index contributed by atoms with van der Waals surface area (Å²) in [5, 5.41) is 6.17. The Hall–Kier alpha value is -1.26. The van der Waals surface area contributed by atoms with Crippen molar-refractivity contribution in [2.75, 3.05) is 11.9 Å². The molecule has 0 radical (unpaired) electrons. The SMILES string of the molecule is O=C(CNC(=O)C1CCCC1)Nc1cc(Cl)ccc1Cl. The first-order chi connectivity index (χ1) is 9.56. The Bertz CT molecular complexity index is 514. The molecule has 1 aromatic rings. The van der Waals surface area contributed by atoms with Gasteiger partial charge in [0, 0.05) is 10.9 Å². The van der Waals surface area contributed by atoms with E-state index in [9.17, 15) is 9.59 Å². The molecule has 20 heavy (non-hydrogen) atoms. The van der Waals surface area contributed by atoms with Crippen molar-refractivity contribution in [2.24, 2.45) is 5.92 Å². The third-order valence-corrected chi connectivity index (χ3v) is 3.92. The zero-order valence-electron chi connectivity index (χ0n) is 10.9. The van der Waals surface area contributed by atoms with E-state index in [0.717, 1.165) is 25.7 Å². The summed E-state index contributed by atoms with van der Waals surface area (Å²) in [5.41, 5.74) is 0.444. The van der Waals surface area contributed by atoms with Crippen molar-refractivity contribution in [3.8, 4) is 0 Å². The highest BCUT2D eigenvalue weighted by Gasteiger charge is 2.22. The van der Waals surface area contributed by atoms with Gasteiger partial charge in [-0.25, -0.2) is 0 Å². The lowest BCUT2D eigenvalue weighted by Crippen LogP contribution is -2.36. The number of benzene rings is 1. The predicted molar refractivity (Wildman–Crippen MR) is 80.1 cm³/mol. The Kier molecular flexibility index (Phi) is 5.26. The van der Waals surface area contributed by atoms with E-state index in [2.05, 4.69) is 10.6 Å². The van der Waals surface area contributed by atoms with Crippen molar-refractivity contribution in [2.45, 2.75) is 25.7 Å². The van der Waals surface area contributed by atoms with Crippen LogP contribution in [0, 0.1) is 5.92 Å². The topological polar surface area (TPSA) is 58.2 Å². The molecule has 0 aliphatic heterocycles. The predicted octanol–water partition coefficient (Wildman–Crippen LogP) is 3.24. The van der Waals surface area contributed by atoms with Crippen molar-refractivity contribution in [3.05, 3.63) is 28.2 Å². The fraction of sp³-hybridized carbons (Fsp3) is 0.429. The van der Waals surface area contributed by atoms with Crippen molar-refractivity contribution < 1.29 is 9.59 Å². The molecule has 0 spiro atoms. The van der Waals surface area contributed by atoms with Gasteiger partial charge in [0.25, 0.3) is 0 Å². The van der Waals surface area contributed by atoms with Crippen LogP contribution >= 0.6 is 23.2 Å². The maximum Gasteiger partial charge on any atom is 0.243 e. The first kappa shape index (κ1) is 15.1. The standard InChI is InChI=1S/C14H16Cl2N2O2/c15-10-5-6-11(16)12(7-10)18-13(19)8-17-14(20)9-3-1-2-4-9/h5-7,9H,1-4,8H2,(H,17,20)(H,18,19). The minimum atomic E-state index is -0.319. The van der Waals surface area contributed by atoms with Gasteiger partial charge in [-0.1, -0.05) is 36.0 Å². The van der Waals surface area contributed by atoms with Crippen LogP contribution in [0.2, 0.25) is 10.0 Å². The van der Waals surface area contributed by atoms with E-state index in [1.54, 1.807) is 18.2 Å². The van der Waals surface area contributed by atoms with Gasteiger partial charge < -0.3 is 10.6 Å². The third-order valence-electron chi connectivity index (χ3n) is 3.35. The molecule has 108 valence electrons. The van der Waals surface area contributed by atoms with Crippen molar-refractivity contribution in [1.29, 1.82) is 0 Å². The molecular formula is C14H16Cl2N2O2. The van der Waals surface area contributed by atoms with Crippen LogP contribution in [0.15, 0.2) is 18.2 Å². The number of rotatable bonds is 4. The quantitative estimate of drug-likeness (QED) is 0.896. The van der Waals surface area contributed by atoms with E-state index in [-0.39, 0.29) is 24.3 Å². The molecule has 0 bridgehead atoms. The second kappa shape index (κ2) is 6.95. The monoisotopic (exact) mass is 314 g/mol. The number of nitrogens with one attached hydrogen (secondary N) is 2. The molecule has 2 amide bonds. The van der Waals surface area contributed by atoms with Crippen LogP contribution < -0.4 is 10.6 Å². The van der Waals surface area contributed by atoms with Gasteiger partial charge in [0.15, 0.2) is 0 Å². The molecule has 1 aliphatic rings. The second-order valence-corrected chi connectivity index (χ2v) is 5.72. The lowest BCUT2D eigenvalue weighted by Gasteiger charge is -2.11. The van der Waals surface area contributed by atoms with Crippen LogP contribution in [-0.2, 0) is 9.59 Å². The molecule has 0 saturated heterocycles. The van der Waals surface area contributed by atoms with Crippen molar-refractivity contribution in [1.82, 2.24) is 5.32 Å². The molecule has 0 heterocycles. The molecule has 2 N–H and O–H groups in total. The number of carbonyl (C=O) groups excluding carboxylic acids is 2. The maximum atomic E-state index is 11.8. The highest BCUT2D eigenvalue weighted by Crippen LogP contribution is 2.26. The molecule has 1 aromatic carbocycles. The fourth-order valence-corrected chi connectivity index (χ4v) is 2.62. The highest BCUT2D eigenvalue weighted by atomic mass is 35.5. The minimum Gasteiger partial charge on any atom is -0.347 e. The first-order valence-electron chi connectivity index (χ1n) is 6.59. The molecule has 0 aromatic heterocycles. The Labute approximate surface area is 127 Å². The van der Waals surface area contributed by atoms with Crippen LogP contribution in [0.5, 0.6) is 0 Å². The fourth-order valence-electron chi connectivity index (χ4n) is 2.29. The van der Waals surface area contributed by atoms with E-state index in [0.29, 0.717) is 15.7 Å². The van der Waals surface area contributed by atoms with E-state index in [1.807, 2.05) is 0 Å². The Morgan fingerprint density at radius 2 is 1.90 bits per heavy atom. The summed E-state index contributed by atoms with van der Waals surface area (Å²) in [6.45, 7) is -0.0574. The summed E-state index contributed by atoms with van der Waals surface area (Å²) in [6.07, 6.45) is 3.99. The zero-order valence-corrected chi connectivity index (χ0v) is 12.4. The lowest BCUT2D eigenvalue weighted by molar-refractivity contribution is -0.127. The molecule has 0 atom stereocenters. The van der Waals surface area contributed by atoms with Gasteiger partial charge in [0.05, 0.1) is 17.3 Å². The van der Waals surface area contributed by atoms with Crippen LogP contribution in [0.3, 0.4) is 0 Å². The number of hydrogen-bond donors (Lipinski definition) is 2. The summed E-state index contributed by atoms with van der Waals surface area (Å²) in [7, 11) is 0. The van der Waals surface area contributed by atoms with E-state index in [4.69, 9.17) is 23.2 Å². The second-order valence-electron chi connectivity index (χ2n) is 4.87. The molecule has 1 fully saturated rings. The number of hydrogen-bond acceptors (Lipinski definition) is 2. The van der Waals surface area contributed by atoms with Crippen LogP contribution in [-0.4, -0.2) is 18.4 Å². The van der Waals surface area contributed by atoms with Gasteiger partial charge in [-0.05, 0) is 31.0 Å². The summed E-state index contributed by atoms with van der Waals surface area (Å²) in [4.78, 5) is 23.6. The molecule has 6 heteroatoms. The van der Waals surface area contributed by atoms with E-state index < -0.39 is 0 Å². The van der Waals surface area contributed by atoms with Gasteiger partial charge in [0.1, 0.15) is 0 Å². The van der Waals surface area contributed by atoms with Gasteiger partial charge in [-0.3, -0.25) is 9.59 Å². The first-order valence-corrected chi connectivity index (χ1v) is 7.34. The summed E-state index contributed by atoms with van der Waals surface area (Å²) < 4.78 is 0. The van der Waals surface area contributed by atoms with E-state index >= 15 is 0 Å². The lowest BCUT2D eigenvalue weighted by atomic mass is 10.1. The van der Waals surface area contributed by atoms with E-state index in [1.165, 1.54) is 0 Å². The third kappa shape index (κ3) is 4.12. The summed E-state index contributed by atoms with van der Waals surface area (Å²) >= 11 is 11.8. The Morgan fingerprint density at radius 1 is 1.20 bits per heavy atom. The van der Waals surface area contributed by atoms with Gasteiger partial charge in [-0.15, -0.1) is 0 Å². The average Bonchev–Trinajstić information content (AvgIpc) is 2.94. The Balaban J connectivity index is 1.83. The van der Waals surface area contributed by atoms with Crippen molar-refractivity contribution in [3.63, 3.8) is 0 Å². The summed E-state index contributed by atoms with van der Waals surface area (Å²) in [6, 6.07) is 4.82.